The molecule has 5 heteroatoms. The van der Waals surface area contributed by atoms with Crippen molar-refractivity contribution in [1.29, 1.82) is 0 Å². The molecule has 2 atom stereocenters. The van der Waals surface area contributed by atoms with Crippen LogP contribution in [0.2, 0.25) is 0 Å². The quantitative estimate of drug-likeness (QED) is 0.896. The fraction of sp³-hybridized carbons (Fsp3) is 0.571. The zero-order chi connectivity index (χ0) is 14.0. The molecule has 3 nitrogen and oxygen atoms in total. The molecule has 1 saturated heterocycles. The summed E-state index contributed by atoms with van der Waals surface area (Å²) in [5, 5.41) is 3.36. The van der Waals surface area contributed by atoms with Crippen LogP contribution in [0.5, 0.6) is 0 Å². The van der Waals surface area contributed by atoms with E-state index in [1.54, 1.807) is 6.07 Å². The maximum atomic E-state index is 13.4. The van der Waals surface area contributed by atoms with Crippen molar-refractivity contribution >= 4 is 0 Å². The largest absolute Gasteiger partial charge is 0.314 e. The maximum absolute atomic E-state index is 13.4. The Labute approximate surface area is 113 Å². The lowest BCUT2D eigenvalue weighted by molar-refractivity contribution is 0.107. The van der Waals surface area contributed by atoms with Crippen LogP contribution in [0.1, 0.15) is 11.6 Å². The predicted molar refractivity (Wildman–Crippen MR) is 72.1 cm³/mol. The molecule has 0 saturated carbocycles. The third-order valence-corrected chi connectivity index (χ3v) is 3.77. The van der Waals surface area contributed by atoms with Gasteiger partial charge in [-0.25, -0.2) is 8.78 Å². The van der Waals surface area contributed by atoms with E-state index < -0.39 is 11.6 Å². The molecule has 0 aromatic heterocycles. The van der Waals surface area contributed by atoms with Gasteiger partial charge in [-0.05, 0) is 38.8 Å². The highest BCUT2D eigenvalue weighted by atomic mass is 19.2. The number of rotatable bonds is 3. The molecule has 0 radical (unpaired) electrons. The van der Waals surface area contributed by atoms with Crippen LogP contribution in [-0.2, 0) is 0 Å². The van der Waals surface area contributed by atoms with E-state index >= 15 is 0 Å². The molecule has 0 bridgehead atoms. The summed E-state index contributed by atoms with van der Waals surface area (Å²) in [5.41, 5.74) is 0.810. The van der Waals surface area contributed by atoms with Crippen LogP contribution in [0.15, 0.2) is 18.2 Å². The molecule has 2 unspecified atom stereocenters. The third kappa shape index (κ3) is 3.11. The zero-order valence-corrected chi connectivity index (χ0v) is 11.7. The molecular weight excluding hydrogens is 248 g/mol. The molecule has 2 rings (SSSR count). The summed E-state index contributed by atoms with van der Waals surface area (Å²) in [6, 6.07) is 4.47. The first-order chi connectivity index (χ1) is 9.00. The second kappa shape index (κ2) is 5.94. The van der Waals surface area contributed by atoms with Crippen LogP contribution in [0, 0.1) is 11.6 Å². The Bertz CT molecular complexity index is 437. The third-order valence-electron chi connectivity index (χ3n) is 3.77. The Hall–Kier alpha value is -1.04. The molecule has 1 aliphatic rings. The van der Waals surface area contributed by atoms with Crippen molar-refractivity contribution in [3.8, 4) is 0 Å². The Morgan fingerprint density at radius 2 is 2.05 bits per heavy atom. The number of hydrogen-bond donors (Lipinski definition) is 1. The first-order valence-corrected chi connectivity index (χ1v) is 6.53. The van der Waals surface area contributed by atoms with Gasteiger partial charge in [0.2, 0.25) is 0 Å². The number of likely N-dealkylation sites (N-methyl/N-ethyl adjacent to an activating group) is 2. The fourth-order valence-corrected chi connectivity index (χ4v) is 2.74. The lowest BCUT2D eigenvalue weighted by Crippen LogP contribution is -2.54. The summed E-state index contributed by atoms with van der Waals surface area (Å²) >= 11 is 0. The number of nitrogens with zero attached hydrogens (tertiary/aromatic N) is 2. The van der Waals surface area contributed by atoms with Crippen molar-refractivity contribution in [2.45, 2.75) is 12.1 Å². The SMILES string of the molecule is CN(C)C(c1ccc(F)c(F)c1)C1CNCCN1C. The van der Waals surface area contributed by atoms with Gasteiger partial charge in [-0.3, -0.25) is 4.90 Å². The summed E-state index contributed by atoms with van der Waals surface area (Å²) in [4.78, 5) is 4.32. The number of hydrogen-bond acceptors (Lipinski definition) is 3. The predicted octanol–water partition coefficient (Wildman–Crippen LogP) is 1.47. The Morgan fingerprint density at radius 3 is 2.63 bits per heavy atom. The molecule has 1 aromatic rings. The lowest BCUT2D eigenvalue weighted by atomic mass is 9.95. The van der Waals surface area contributed by atoms with Gasteiger partial charge in [-0.1, -0.05) is 6.07 Å². The van der Waals surface area contributed by atoms with E-state index in [1.165, 1.54) is 12.1 Å². The number of benzene rings is 1. The van der Waals surface area contributed by atoms with Gasteiger partial charge in [-0.2, -0.15) is 0 Å². The second-order valence-corrected chi connectivity index (χ2v) is 5.33. The molecule has 0 aliphatic carbocycles. The van der Waals surface area contributed by atoms with Gasteiger partial charge in [-0.15, -0.1) is 0 Å². The standard InChI is InChI=1S/C14H21F2N3/c1-18(2)14(13-9-17-6-7-19(13)3)10-4-5-11(15)12(16)8-10/h4-5,8,13-14,17H,6-7,9H2,1-3H3. The van der Waals surface area contributed by atoms with Gasteiger partial charge >= 0.3 is 0 Å². The van der Waals surface area contributed by atoms with E-state index in [0.717, 1.165) is 25.2 Å². The van der Waals surface area contributed by atoms with Gasteiger partial charge in [0.25, 0.3) is 0 Å². The van der Waals surface area contributed by atoms with Crippen molar-refractivity contribution in [2.75, 3.05) is 40.8 Å². The number of nitrogens with one attached hydrogen (secondary N) is 1. The summed E-state index contributed by atoms with van der Waals surface area (Å²) in [5.74, 6) is -1.58. The first-order valence-electron chi connectivity index (χ1n) is 6.53. The molecule has 1 heterocycles. The fourth-order valence-electron chi connectivity index (χ4n) is 2.74. The molecule has 1 fully saturated rings. The summed E-state index contributed by atoms with van der Waals surface area (Å²) in [7, 11) is 6.00. The highest BCUT2D eigenvalue weighted by molar-refractivity contribution is 5.23. The smallest absolute Gasteiger partial charge is 0.159 e. The first kappa shape index (κ1) is 14.4. The van der Waals surface area contributed by atoms with E-state index in [2.05, 4.69) is 22.2 Å². The van der Waals surface area contributed by atoms with Crippen molar-refractivity contribution in [1.82, 2.24) is 15.1 Å². The average molecular weight is 269 g/mol. The van der Waals surface area contributed by atoms with E-state index in [-0.39, 0.29) is 12.1 Å². The molecule has 1 aliphatic heterocycles. The molecule has 106 valence electrons. The van der Waals surface area contributed by atoms with Crippen LogP contribution < -0.4 is 5.32 Å². The zero-order valence-electron chi connectivity index (χ0n) is 11.7. The van der Waals surface area contributed by atoms with Gasteiger partial charge in [0, 0.05) is 25.7 Å². The monoisotopic (exact) mass is 269 g/mol. The van der Waals surface area contributed by atoms with E-state index in [0.29, 0.717) is 0 Å². The molecule has 19 heavy (non-hydrogen) atoms. The summed E-state index contributed by atoms with van der Waals surface area (Å²) in [6.45, 7) is 2.77. The van der Waals surface area contributed by atoms with Crippen LogP contribution in [0.4, 0.5) is 8.78 Å². The molecule has 0 amide bonds. The maximum Gasteiger partial charge on any atom is 0.159 e. The van der Waals surface area contributed by atoms with Crippen molar-refractivity contribution in [3.05, 3.63) is 35.4 Å². The molecular formula is C14H21F2N3. The van der Waals surface area contributed by atoms with Crippen LogP contribution in [0.25, 0.3) is 0 Å². The van der Waals surface area contributed by atoms with Crippen LogP contribution in [0.3, 0.4) is 0 Å². The number of piperazine rings is 1. The van der Waals surface area contributed by atoms with Crippen LogP contribution >= 0.6 is 0 Å². The van der Waals surface area contributed by atoms with Crippen molar-refractivity contribution in [2.24, 2.45) is 0 Å². The van der Waals surface area contributed by atoms with Gasteiger partial charge in [0.15, 0.2) is 11.6 Å². The van der Waals surface area contributed by atoms with Crippen LogP contribution in [-0.4, -0.2) is 56.6 Å². The van der Waals surface area contributed by atoms with Crippen molar-refractivity contribution in [3.63, 3.8) is 0 Å². The van der Waals surface area contributed by atoms with E-state index in [9.17, 15) is 8.78 Å². The molecule has 0 spiro atoms. The topological polar surface area (TPSA) is 18.5 Å². The second-order valence-electron chi connectivity index (χ2n) is 5.33. The minimum Gasteiger partial charge on any atom is -0.314 e. The Morgan fingerprint density at radius 1 is 1.32 bits per heavy atom. The van der Waals surface area contributed by atoms with Gasteiger partial charge < -0.3 is 10.2 Å². The lowest BCUT2D eigenvalue weighted by Gasteiger charge is -2.41. The molecule has 1 aromatic carbocycles. The highest BCUT2D eigenvalue weighted by Gasteiger charge is 2.30. The molecule has 1 N–H and O–H groups in total. The average Bonchev–Trinajstić information content (AvgIpc) is 2.36. The number of halogens is 2. The minimum atomic E-state index is -0.795. The minimum absolute atomic E-state index is 0.0351. The van der Waals surface area contributed by atoms with Gasteiger partial charge in [0.05, 0.1) is 6.04 Å². The normalized spacial score (nSPS) is 22.7. The highest BCUT2D eigenvalue weighted by Crippen LogP contribution is 2.27. The summed E-state index contributed by atoms with van der Waals surface area (Å²) < 4.78 is 26.5. The Balaban J connectivity index is 2.31. The summed E-state index contributed by atoms with van der Waals surface area (Å²) in [6.07, 6.45) is 0. The van der Waals surface area contributed by atoms with Gasteiger partial charge in [0.1, 0.15) is 0 Å². The Kier molecular flexibility index (Phi) is 4.50. The van der Waals surface area contributed by atoms with Crippen molar-refractivity contribution < 1.29 is 8.78 Å². The van der Waals surface area contributed by atoms with E-state index in [4.69, 9.17) is 0 Å². The van der Waals surface area contributed by atoms with E-state index in [1.807, 2.05) is 14.1 Å².